The van der Waals surface area contributed by atoms with E-state index in [1.54, 1.807) is 45.2 Å². The van der Waals surface area contributed by atoms with Crippen molar-refractivity contribution in [3.05, 3.63) is 59.7 Å². The topological polar surface area (TPSA) is 96.0 Å². The first-order valence-corrected chi connectivity index (χ1v) is 13.1. The Morgan fingerprint density at radius 1 is 1.03 bits per heavy atom. The monoisotopic (exact) mass is 489 g/mol. The molecule has 0 saturated heterocycles. The minimum Gasteiger partial charge on any atom is -0.497 e. The van der Waals surface area contributed by atoms with Crippen LogP contribution in [0.25, 0.3) is 0 Å². The third kappa shape index (κ3) is 6.96. The van der Waals surface area contributed by atoms with Gasteiger partial charge in [0.2, 0.25) is 21.8 Å². The van der Waals surface area contributed by atoms with Crippen LogP contribution in [0.3, 0.4) is 0 Å². The lowest BCUT2D eigenvalue weighted by molar-refractivity contribution is -0.139. The Labute approximate surface area is 202 Å². The van der Waals surface area contributed by atoms with Gasteiger partial charge < -0.3 is 15.0 Å². The normalized spacial score (nSPS) is 12.2. The van der Waals surface area contributed by atoms with Crippen LogP contribution in [0.5, 0.6) is 5.75 Å². The lowest BCUT2D eigenvalue weighted by Crippen LogP contribution is -2.51. The molecular weight excluding hydrogens is 454 g/mol. The number of methoxy groups -OCH3 is 1. The molecule has 0 aromatic heterocycles. The summed E-state index contributed by atoms with van der Waals surface area (Å²) in [5.41, 5.74) is 2.07. The van der Waals surface area contributed by atoms with E-state index in [4.69, 9.17) is 4.74 Å². The zero-order chi connectivity index (χ0) is 25.5. The van der Waals surface area contributed by atoms with Crippen molar-refractivity contribution in [2.75, 3.05) is 30.8 Å². The molecule has 2 aromatic rings. The molecule has 0 fully saturated rings. The fourth-order valence-electron chi connectivity index (χ4n) is 3.63. The average Bonchev–Trinajstić information content (AvgIpc) is 2.80. The maximum atomic E-state index is 13.5. The van der Waals surface area contributed by atoms with Gasteiger partial charge in [-0.2, -0.15) is 0 Å². The molecule has 8 nitrogen and oxygen atoms in total. The van der Waals surface area contributed by atoms with Crippen LogP contribution in [0, 0.1) is 0 Å². The molecule has 2 aromatic carbocycles. The first-order valence-electron chi connectivity index (χ1n) is 11.3. The molecule has 186 valence electrons. The zero-order valence-corrected chi connectivity index (χ0v) is 21.6. The number of nitrogens with one attached hydrogen (secondary N) is 1. The van der Waals surface area contributed by atoms with Gasteiger partial charge in [0.1, 0.15) is 18.3 Å². The third-order valence-corrected chi connectivity index (χ3v) is 6.66. The van der Waals surface area contributed by atoms with Crippen LogP contribution in [0.2, 0.25) is 0 Å². The molecular formula is C25H35N3O5S. The summed E-state index contributed by atoms with van der Waals surface area (Å²) in [7, 11) is -2.21. The van der Waals surface area contributed by atoms with Gasteiger partial charge in [0.25, 0.3) is 0 Å². The molecule has 2 rings (SSSR count). The van der Waals surface area contributed by atoms with Crippen LogP contribution in [0.4, 0.5) is 5.69 Å². The van der Waals surface area contributed by atoms with Crippen LogP contribution in [0.15, 0.2) is 48.5 Å². The van der Waals surface area contributed by atoms with Crippen molar-refractivity contribution in [3.63, 3.8) is 0 Å². The summed E-state index contributed by atoms with van der Waals surface area (Å²) < 4.78 is 31.8. The van der Waals surface area contributed by atoms with Gasteiger partial charge in [-0.15, -0.1) is 0 Å². The number of para-hydroxylation sites is 1. The fraction of sp³-hybridized carbons (Fsp3) is 0.440. The van der Waals surface area contributed by atoms with Crippen molar-refractivity contribution in [2.45, 2.75) is 46.2 Å². The number of sulfonamides is 1. The summed E-state index contributed by atoms with van der Waals surface area (Å²) in [5, 5.41) is 2.74. The van der Waals surface area contributed by atoms with E-state index in [1.807, 2.05) is 38.1 Å². The van der Waals surface area contributed by atoms with E-state index >= 15 is 0 Å². The number of hydrogen-bond acceptors (Lipinski definition) is 5. The highest BCUT2D eigenvalue weighted by Gasteiger charge is 2.30. The number of ether oxygens (including phenoxy) is 1. The Morgan fingerprint density at radius 2 is 1.65 bits per heavy atom. The molecule has 0 radical (unpaired) electrons. The molecule has 34 heavy (non-hydrogen) atoms. The third-order valence-electron chi connectivity index (χ3n) is 5.54. The summed E-state index contributed by atoms with van der Waals surface area (Å²) in [4.78, 5) is 27.6. The van der Waals surface area contributed by atoms with Crippen LogP contribution < -0.4 is 14.4 Å². The maximum Gasteiger partial charge on any atom is 0.244 e. The Bertz CT molecular complexity index is 1080. The predicted molar refractivity (Wildman–Crippen MR) is 134 cm³/mol. The van der Waals surface area contributed by atoms with Crippen LogP contribution in [-0.2, 0) is 26.2 Å². The highest BCUT2D eigenvalue weighted by atomic mass is 32.2. The van der Waals surface area contributed by atoms with E-state index in [2.05, 4.69) is 5.32 Å². The lowest BCUT2D eigenvalue weighted by atomic mass is 10.0. The second-order valence-electron chi connectivity index (χ2n) is 8.42. The Kier molecular flexibility index (Phi) is 9.49. The second-order valence-corrected chi connectivity index (χ2v) is 10.3. The molecule has 0 heterocycles. The summed E-state index contributed by atoms with van der Waals surface area (Å²) in [6.07, 6.45) is 1.08. The standard InChI is InChI=1S/C25H35N3O5S/c1-7-26-25(30)19(4)27(16-20-12-14-21(33-5)15-13-20)24(29)17-28(34(6,31)32)23-11-9-8-10-22(23)18(2)3/h8-15,18-19H,7,16-17H2,1-6H3,(H,26,30)/t19-/m0/s1. The molecule has 0 unspecified atom stereocenters. The van der Waals surface area contributed by atoms with E-state index in [0.29, 0.717) is 18.0 Å². The molecule has 0 aliphatic heterocycles. The number of nitrogens with zero attached hydrogens (tertiary/aromatic N) is 2. The van der Waals surface area contributed by atoms with Crippen molar-refractivity contribution < 1.29 is 22.7 Å². The Morgan fingerprint density at radius 3 is 2.18 bits per heavy atom. The van der Waals surface area contributed by atoms with E-state index in [0.717, 1.165) is 21.7 Å². The highest BCUT2D eigenvalue weighted by Crippen LogP contribution is 2.29. The van der Waals surface area contributed by atoms with Gasteiger partial charge in [-0.25, -0.2) is 8.42 Å². The van der Waals surface area contributed by atoms with Crippen LogP contribution in [-0.4, -0.2) is 57.6 Å². The predicted octanol–water partition coefficient (Wildman–Crippen LogP) is 3.14. The number of amides is 2. The second kappa shape index (κ2) is 11.9. The minimum absolute atomic E-state index is 0.0557. The smallest absolute Gasteiger partial charge is 0.244 e. The molecule has 0 bridgehead atoms. The number of carbonyl (C=O) groups is 2. The number of benzene rings is 2. The fourth-order valence-corrected chi connectivity index (χ4v) is 4.50. The van der Waals surface area contributed by atoms with Gasteiger partial charge in [0.15, 0.2) is 0 Å². The largest absolute Gasteiger partial charge is 0.497 e. The maximum absolute atomic E-state index is 13.5. The summed E-state index contributed by atoms with van der Waals surface area (Å²) >= 11 is 0. The van der Waals surface area contributed by atoms with E-state index < -0.39 is 28.5 Å². The molecule has 1 atom stereocenters. The van der Waals surface area contributed by atoms with E-state index in [1.165, 1.54) is 4.90 Å². The molecule has 1 N–H and O–H groups in total. The Hall–Kier alpha value is -3.07. The first kappa shape index (κ1) is 27.2. The van der Waals surface area contributed by atoms with Crippen molar-refractivity contribution in [2.24, 2.45) is 0 Å². The zero-order valence-electron chi connectivity index (χ0n) is 20.7. The van der Waals surface area contributed by atoms with Crippen LogP contribution >= 0.6 is 0 Å². The molecule has 9 heteroatoms. The van der Waals surface area contributed by atoms with Crippen molar-refractivity contribution in [1.29, 1.82) is 0 Å². The van der Waals surface area contributed by atoms with E-state index in [9.17, 15) is 18.0 Å². The van der Waals surface area contributed by atoms with Crippen LogP contribution in [0.1, 0.15) is 44.7 Å². The molecule has 0 aliphatic carbocycles. The Balaban J connectivity index is 2.43. The quantitative estimate of drug-likeness (QED) is 0.523. The van der Waals surface area contributed by atoms with Crippen molar-refractivity contribution in [3.8, 4) is 5.75 Å². The number of anilines is 1. The number of carbonyl (C=O) groups excluding carboxylic acids is 2. The van der Waals surface area contributed by atoms with Crippen molar-refractivity contribution in [1.82, 2.24) is 10.2 Å². The van der Waals surface area contributed by atoms with Gasteiger partial charge in [-0.1, -0.05) is 44.2 Å². The SMILES string of the molecule is CCNC(=O)[C@H](C)N(Cc1ccc(OC)cc1)C(=O)CN(c1ccccc1C(C)C)S(C)(=O)=O. The summed E-state index contributed by atoms with van der Waals surface area (Å²) in [6, 6.07) is 13.5. The minimum atomic E-state index is -3.77. The van der Waals surface area contributed by atoms with Gasteiger partial charge in [0.05, 0.1) is 19.1 Å². The average molecular weight is 490 g/mol. The molecule has 0 saturated carbocycles. The molecule has 0 aliphatic rings. The van der Waals surface area contributed by atoms with Crippen molar-refractivity contribution >= 4 is 27.5 Å². The highest BCUT2D eigenvalue weighted by molar-refractivity contribution is 7.92. The summed E-state index contributed by atoms with van der Waals surface area (Å²) in [5.74, 6) is -0.0523. The number of likely N-dealkylation sites (N-methyl/N-ethyl adjacent to an activating group) is 1. The van der Waals surface area contributed by atoms with Gasteiger partial charge in [0, 0.05) is 13.1 Å². The van der Waals surface area contributed by atoms with E-state index in [-0.39, 0.29) is 18.4 Å². The number of hydrogen-bond donors (Lipinski definition) is 1. The van der Waals surface area contributed by atoms with Gasteiger partial charge >= 0.3 is 0 Å². The summed E-state index contributed by atoms with van der Waals surface area (Å²) in [6.45, 7) is 7.52. The lowest BCUT2D eigenvalue weighted by Gasteiger charge is -2.32. The number of rotatable bonds is 11. The molecule has 0 spiro atoms. The first-order chi connectivity index (χ1) is 16.0. The van der Waals surface area contributed by atoms with Gasteiger partial charge in [-0.3, -0.25) is 13.9 Å². The molecule has 2 amide bonds. The van der Waals surface area contributed by atoms with Gasteiger partial charge in [-0.05, 0) is 49.1 Å².